The van der Waals surface area contributed by atoms with Crippen molar-refractivity contribution in [3.8, 4) is 5.75 Å². The largest absolute Gasteiger partial charge is 0.492 e. The second kappa shape index (κ2) is 9.64. The second-order valence-electron chi connectivity index (χ2n) is 5.35. The Kier molecular flexibility index (Phi) is 8.20. The molecule has 4 nitrogen and oxygen atoms in total. The van der Waals surface area contributed by atoms with Crippen LogP contribution in [-0.2, 0) is 4.79 Å². The second-order valence-corrected chi connectivity index (χ2v) is 5.35. The van der Waals surface area contributed by atoms with Crippen LogP contribution in [0.1, 0.15) is 32.6 Å². The quantitative estimate of drug-likeness (QED) is 0.841. The first-order valence-electron chi connectivity index (χ1n) is 7.62. The molecule has 124 valence electrons. The average molecular weight is 331 g/mol. The van der Waals surface area contributed by atoms with Crippen molar-refractivity contribution in [1.82, 2.24) is 5.32 Å². The molecule has 1 aliphatic heterocycles. The van der Waals surface area contributed by atoms with E-state index in [9.17, 15) is 9.18 Å². The van der Waals surface area contributed by atoms with Gasteiger partial charge in [-0.2, -0.15) is 0 Å². The fourth-order valence-electron chi connectivity index (χ4n) is 2.59. The van der Waals surface area contributed by atoms with Crippen molar-refractivity contribution < 1.29 is 13.9 Å². The SMILES string of the molecule is CCOc1cc(F)ccc1NC(=O)CCC1CCNCC1.Cl. The molecule has 1 heterocycles. The van der Waals surface area contributed by atoms with Crippen molar-refractivity contribution in [3.63, 3.8) is 0 Å². The Labute approximate surface area is 137 Å². The van der Waals surface area contributed by atoms with E-state index < -0.39 is 0 Å². The summed E-state index contributed by atoms with van der Waals surface area (Å²) in [5.41, 5.74) is 0.536. The van der Waals surface area contributed by atoms with Gasteiger partial charge in [0, 0.05) is 12.5 Å². The van der Waals surface area contributed by atoms with Crippen LogP contribution in [0.25, 0.3) is 0 Å². The maximum Gasteiger partial charge on any atom is 0.224 e. The molecule has 0 aromatic heterocycles. The summed E-state index contributed by atoms with van der Waals surface area (Å²) in [4.78, 5) is 12.0. The molecule has 1 amide bonds. The number of anilines is 1. The average Bonchev–Trinajstić information content (AvgIpc) is 2.49. The number of rotatable bonds is 6. The molecular weight excluding hydrogens is 307 g/mol. The van der Waals surface area contributed by atoms with E-state index in [1.54, 1.807) is 6.07 Å². The number of hydrogen-bond donors (Lipinski definition) is 2. The first-order valence-corrected chi connectivity index (χ1v) is 7.62. The summed E-state index contributed by atoms with van der Waals surface area (Å²) in [6.45, 7) is 4.34. The number of hydrogen-bond acceptors (Lipinski definition) is 3. The lowest BCUT2D eigenvalue weighted by atomic mass is 9.93. The highest BCUT2D eigenvalue weighted by Crippen LogP contribution is 2.26. The lowest BCUT2D eigenvalue weighted by Crippen LogP contribution is -2.28. The van der Waals surface area contributed by atoms with Crippen molar-refractivity contribution >= 4 is 24.0 Å². The van der Waals surface area contributed by atoms with Crippen molar-refractivity contribution in [1.29, 1.82) is 0 Å². The van der Waals surface area contributed by atoms with Gasteiger partial charge >= 0.3 is 0 Å². The van der Waals surface area contributed by atoms with Crippen molar-refractivity contribution in [2.24, 2.45) is 5.92 Å². The third-order valence-electron chi connectivity index (χ3n) is 3.76. The minimum Gasteiger partial charge on any atom is -0.492 e. The van der Waals surface area contributed by atoms with Gasteiger partial charge in [-0.25, -0.2) is 4.39 Å². The molecule has 0 bridgehead atoms. The van der Waals surface area contributed by atoms with Gasteiger partial charge < -0.3 is 15.4 Å². The Morgan fingerprint density at radius 2 is 2.14 bits per heavy atom. The van der Waals surface area contributed by atoms with Gasteiger partial charge in [0.1, 0.15) is 11.6 Å². The van der Waals surface area contributed by atoms with Crippen LogP contribution in [0.4, 0.5) is 10.1 Å². The molecule has 0 atom stereocenters. The van der Waals surface area contributed by atoms with Crippen LogP contribution in [0, 0.1) is 11.7 Å². The minimum atomic E-state index is -0.369. The van der Waals surface area contributed by atoms with Gasteiger partial charge in [0.15, 0.2) is 0 Å². The summed E-state index contributed by atoms with van der Waals surface area (Å²) >= 11 is 0. The molecule has 0 unspecified atom stereocenters. The summed E-state index contributed by atoms with van der Waals surface area (Å²) < 4.78 is 18.6. The van der Waals surface area contributed by atoms with Crippen LogP contribution in [-0.4, -0.2) is 25.6 Å². The lowest BCUT2D eigenvalue weighted by molar-refractivity contribution is -0.116. The molecule has 0 spiro atoms. The molecule has 6 heteroatoms. The molecular formula is C16H24ClFN2O2. The van der Waals surface area contributed by atoms with Gasteiger partial charge in [-0.15, -0.1) is 12.4 Å². The molecule has 1 saturated heterocycles. The molecule has 0 saturated carbocycles. The number of nitrogens with one attached hydrogen (secondary N) is 2. The van der Waals surface area contributed by atoms with Crippen LogP contribution in [0.5, 0.6) is 5.75 Å². The van der Waals surface area contributed by atoms with E-state index >= 15 is 0 Å². The van der Waals surface area contributed by atoms with Crippen LogP contribution in [0.15, 0.2) is 18.2 Å². The fourth-order valence-corrected chi connectivity index (χ4v) is 2.59. The van der Waals surface area contributed by atoms with E-state index in [0.29, 0.717) is 30.4 Å². The first kappa shape index (κ1) is 18.7. The van der Waals surface area contributed by atoms with Crippen LogP contribution in [0.2, 0.25) is 0 Å². The smallest absolute Gasteiger partial charge is 0.224 e. The predicted octanol–water partition coefficient (Wildman–Crippen LogP) is 3.36. The highest BCUT2D eigenvalue weighted by Gasteiger charge is 2.15. The van der Waals surface area contributed by atoms with Gasteiger partial charge in [0.25, 0.3) is 0 Å². The van der Waals surface area contributed by atoms with E-state index in [2.05, 4.69) is 10.6 Å². The maximum absolute atomic E-state index is 13.2. The van der Waals surface area contributed by atoms with E-state index in [1.807, 2.05) is 6.92 Å². The van der Waals surface area contributed by atoms with E-state index in [-0.39, 0.29) is 24.1 Å². The van der Waals surface area contributed by atoms with E-state index in [1.165, 1.54) is 12.1 Å². The van der Waals surface area contributed by atoms with Crippen molar-refractivity contribution in [2.75, 3.05) is 25.0 Å². The van der Waals surface area contributed by atoms with Crippen molar-refractivity contribution in [2.45, 2.75) is 32.6 Å². The monoisotopic (exact) mass is 330 g/mol. The number of ether oxygens (including phenoxy) is 1. The Morgan fingerprint density at radius 3 is 2.82 bits per heavy atom. The summed E-state index contributed by atoms with van der Waals surface area (Å²) in [6, 6.07) is 4.17. The van der Waals surface area contributed by atoms with Gasteiger partial charge in [0.05, 0.1) is 12.3 Å². The zero-order chi connectivity index (χ0) is 15.1. The third-order valence-corrected chi connectivity index (χ3v) is 3.76. The number of piperidine rings is 1. The highest BCUT2D eigenvalue weighted by atomic mass is 35.5. The van der Waals surface area contributed by atoms with Gasteiger partial charge in [0.2, 0.25) is 5.91 Å². The van der Waals surface area contributed by atoms with E-state index in [0.717, 1.165) is 32.4 Å². The number of amides is 1. The van der Waals surface area contributed by atoms with Gasteiger partial charge in [-0.1, -0.05) is 0 Å². The highest BCUT2D eigenvalue weighted by molar-refractivity contribution is 5.92. The molecule has 1 aromatic carbocycles. The molecule has 1 aromatic rings. The van der Waals surface area contributed by atoms with Crippen molar-refractivity contribution in [3.05, 3.63) is 24.0 Å². The lowest BCUT2D eigenvalue weighted by Gasteiger charge is -2.22. The minimum absolute atomic E-state index is 0. The zero-order valence-electron chi connectivity index (χ0n) is 12.9. The molecule has 22 heavy (non-hydrogen) atoms. The third kappa shape index (κ3) is 5.81. The molecule has 0 radical (unpaired) electrons. The molecule has 2 rings (SSSR count). The summed E-state index contributed by atoms with van der Waals surface area (Å²) in [6.07, 6.45) is 3.66. The Balaban J connectivity index is 0.00000242. The van der Waals surface area contributed by atoms with Crippen LogP contribution in [0.3, 0.4) is 0 Å². The summed E-state index contributed by atoms with van der Waals surface area (Å²) in [5, 5.41) is 6.13. The molecule has 1 fully saturated rings. The molecule has 0 aliphatic carbocycles. The number of halogens is 2. The number of carbonyl (C=O) groups excluding carboxylic acids is 1. The molecule has 2 N–H and O–H groups in total. The normalized spacial score (nSPS) is 15.0. The number of carbonyl (C=O) groups is 1. The fraction of sp³-hybridized carbons (Fsp3) is 0.562. The van der Waals surface area contributed by atoms with E-state index in [4.69, 9.17) is 4.74 Å². The summed E-state index contributed by atoms with van der Waals surface area (Å²) in [5.74, 6) is 0.594. The standard InChI is InChI=1S/C16H23FN2O2.ClH/c1-2-21-15-11-13(17)4-5-14(15)19-16(20)6-3-12-7-9-18-10-8-12;/h4-5,11-12,18H,2-3,6-10H2,1H3,(H,19,20);1H. The maximum atomic E-state index is 13.2. The Morgan fingerprint density at radius 1 is 1.41 bits per heavy atom. The Bertz CT molecular complexity index is 479. The van der Waals surface area contributed by atoms with Crippen LogP contribution < -0.4 is 15.4 Å². The molecule has 1 aliphatic rings. The first-order chi connectivity index (χ1) is 10.2. The zero-order valence-corrected chi connectivity index (χ0v) is 13.7. The summed E-state index contributed by atoms with van der Waals surface area (Å²) in [7, 11) is 0. The Hall–Kier alpha value is -1.33. The van der Waals surface area contributed by atoms with Crippen LogP contribution >= 0.6 is 12.4 Å². The predicted molar refractivity (Wildman–Crippen MR) is 88.3 cm³/mol. The number of benzene rings is 1. The van der Waals surface area contributed by atoms with Gasteiger partial charge in [-0.05, 0) is 57.3 Å². The van der Waals surface area contributed by atoms with Gasteiger partial charge in [-0.3, -0.25) is 4.79 Å². The topological polar surface area (TPSA) is 50.4 Å².